The number of benzene rings is 1. The summed E-state index contributed by atoms with van der Waals surface area (Å²) in [6.07, 6.45) is 2.90. The molecule has 4 rings (SSSR count). The van der Waals surface area contributed by atoms with Crippen molar-refractivity contribution < 1.29 is 0 Å². The second-order valence-electron chi connectivity index (χ2n) is 5.83. The van der Waals surface area contributed by atoms with E-state index < -0.39 is 0 Å². The van der Waals surface area contributed by atoms with Gasteiger partial charge in [-0.1, -0.05) is 23.7 Å². The van der Waals surface area contributed by atoms with Gasteiger partial charge in [0, 0.05) is 16.4 Å². The van der Waals surface area contributed by atoms with E-state index in [9.17, 15) is 4.79 Å². The highest BCUT2D eigenvalue weighted by Crippen LogP contribution is 2.32. The normalized spacial score (nSPS) is 15.5. The second kappa shape index (κ2) is 5.32. The van der Waals surface area contributed by atoms with Crippen molar-refractivity contribution in [1.82, 2.24) is 9.55 Å². The van der Waals surface area contributed by atoms with Crippen LogP contribution in [0, 0.1) is 13.8 Å². The summed E-state index contributed by atoms with van der Waals surface area (Å²) < 4.78 is 1.80. The average Bonchev–Trinajstić information content (AvgIpc) is 3.02. The molecule has 1 aromatic carbocycles. The molecule has 0 N–H and O–H groups in total. The number of hydrogen-bond acceptors (Lipinski definition) is 3. The monoisotopic (exact) mass is 342 g/mol. The summed E-state index contributed by atoms with van der Waals surface area (Å²) in [5, 5.41) is 1.49. The molecule has 1 aliphatic heterocycles. The molecule has 0 saturated heterocycles. The van der Waals surface area contributed by atoms with Gasteiger partial charge in [0.05, 0.1) is 5.39 Å². The Morgan fingerprint density at radius 2 is 2.17 bits per heavy atom. The van der Waals surface area contributed by atoms with Crippen LogP contribution in [-0.4, -0.2) is 9.55 Å². The van der Waals surface area contributed by atoms with Crippen LogP contribution in [-0.2, 0) is 6.54 Å². The van der Waals surface area contributed by atoms with Gasteiger partial charge in [-0.15, -0.1) is 11.3 Å². The molecule has 0 amide bonds. The van der Waals surface area contributed by atoms with E-state index in [4.69, 9.17) is 16.6 Å². The summed E-state index contributed by atoms with van der Waals surface area (Å²) in [6, 6.07) is 7.72. The number of rotatable bonds is 1. The topological polar surface area (TPSA) is 34.9 Å². The maximum absolute atomic E-state index is 12.8. The zero-order valence-corrected chi connectivity index (χ0v) is 14.5. The van der Waals surface area contributed by atoms with Gasteiger partial charge >= 0.3 is 0 Å². The number of allylic oxidation sites excluding steroid dienone is 1. The van der Waals surface area contributed by atoms with Crippen molar-refractivity contribution in [1.29, 1.82) is 0 Å². The van der Waals surface area contributed by atoms with Crippen molar-refractivity contribution in [2.75, 3.05) is 0 Å². The number of nitrogens with zero attached hydrogens (tertiary/aromatic N) is 2. The van der Waals surface area contributed by atoms with E-state index in [-0.39, 0.29) is 5.56 Å². The van der Waals surface area contributed by atoms with Gasteiger partial charge in [0.1, 0.15) is 10.7 Å². The highest BCUT2D eigenvalue weighted by molar-refractivity contribution is 7.18. The molecule has 23 heavy (non-hydrogen) atoms. The van der Waals surface area contributed by atoms with Crippen LogP contribution in [0.15, 0.2) is 29.1 Å². The van der Waals surface area contributed by atoms with Crippen LogP contribution in [0.5, 0.6) is 0 Å². The minimum atomic E-state index is 0.0846. The summed E-state index contributed by atoms with van der Waals surface area (Å²) in [5.74, 6) is 0.795. The Hall–Kier alpha value is -1.91. The third-order valence-corrected chi connectivity index (χ3v) is 5.71. The standard InChI is InChI=1S/C18H15ClN2OS/c1-10-11(2)23-17-15(10)18(22)21-7-6-13(16(21)20-17)8-12-4-3-5-14(19)9-12/h3-5,8-9H,6-7H2,1-2H3/b13-8-. The maximum Gasteiger partial charge on any atom is 0.262 e. The van der Waals surface area contributed by atoms with Crippen molar-refractivity contribution >= 4 is 44.8 Å². The highest BCUT2D eigenvalue weighted by Gasteiger charge is 2.23. The number of halogens is 1. The van der Waals surface area contributed by atoms with Gasteiger partial charge in [-0.2, -0.15) is 0 Å². The average molecular weight is 343 g/mol. The summed E-state index contributed by atoms with van der Waals surface area (Å²) in [5.41, 5.74) is 3.27. The molecule has 0 atom stereocenters. The summed E-state index contributed by atoms with van der Waals surface area (Å²) in [4.78, 5) is 19.6. The van der Waals surface area contributed by atoms with Gasteiger partial charge in [0.15, 0.2) is 0 Å². The van der Waals surface area contributed by atoms with Gasteiger partial charge in [-0.25, -0.2) is 4.98 Å². The molecule has 2 aromatic heterocycles. The number of fused-ring (bicyclic) bond motifs is 2. The van der Waals surface area contributed by atoms with E-state index >= 15 is 0 Å². The lowest BCUT2D eigenvalue weighted by molar-refractivity contribution is 0.726. The number of aromatic nitrogens is 2. The molecule has 0 bridgehead atoms. The maximum atomic E-state index is 12.8. The van der Waals surface area contributed by atoms with Crippen LogP contribution >= 0.6 is 22.9 Å². The summed E-state index contributed by atoms with van der Waals surface area (Å²) in [7, 11) is 0. The van der Waals surface area contributed by atoms with Crippen LogP contribution in [0.3, 0.4) is 0 Å². The van der Waals surface area contributed by atoms with Crippen LogP contribution in [0.4, 0.5) is 0 Å². The fourth-order valence-corrected chi connectivity index (χ4v) is 4.28. The zero-order valence-electron chi connectivity index (χ0n) is 12.9. The fraction of sp³-hybridized carbons (Fsp3) is 0.222. The van der Waals surface area contributed by atoms with Crippen LogP contribution in [0.1, 0.15) is 28.2 Å². The lowest BCUT2D eigenvalue weighted by Crippen LogP contribution is -2.20. The third-order valence-electron chi connectivity index (χ3n) is 4.37. The van der Waals surface area contributed by atoms with Crippen LogP contribution < -0.4 is 5.56 Å². The molecule has 0 unspecified atom stereocenters. The predicted molar refractivity (Wildman–Crippen MR) is 97.3 cm³/mol. The minimum Gasteiger partial charge on any atom is -0.292 e. The van der Waals surface area contributed by atoms with Crippen molar-refractivity contribution in [3.8, 4) is 0 Å². The Balaban J connectivity index is 1.92. The Kier molecular flexibility index (Phi) is 3.39. The first-order valence-corrected chi connectivity index (χ1v) is 8.71. The smallest absolute Gasteiger partial charge is 0.262 e. The van der Waals surface area contributed by atoms with E-state index in [1.165, 1.54) is 0 Å². The predicted octanol–water partition coefficient (Wildman–Crippen LogP) is 4.67. The van der Waals surface area contributed by atoms with E-state index in [0.717, 1.165) is 44.0 Å². The van der Waals surface area contributed by atoms with E-state index in [1.54, 1.807) is 15.9 Å². The number of hydrogen-bond donors (Lipinski definition) is 0. The van der Waals surface area contributed by atoms with E-state index in [0.29, 0.717) is 11.6 Å². The fourth-order valence-electron chi connectivity index (χ4n) is 3.06. The van der Waals surface area contributed by atoms with E-state index in [2.05, 4.69) is 6.08 Å². The molecule has 3 heterocycles. The quantitative estimate of drug-likeness (QED) is 0.644. The SMILES string of the molecule is Cc1sc2nc3n(c(=O)c2c1C)CC/C3=C/c1cccc(Cl)c1. The van der Waals surface area contributed by atoms with Gasteiger partial charge in [0.2, 0.25) is 0 Å². The van der Waals surface area contributed by atoms with Crippen molar-refractivity contribution in [2.45, 2.75) is 26.8 Å². The van der Waals surface area contributed by atoms with E-state index in [1.807, 2.05) is 38.1 Å². The molecule has 0 radical (unpaired) electrons. The first-order chi connectivity index (χ1) is 11.0. The first kappa shape index (κ1) is 14.7. The largest absolute Gasteiger partial charge is 0.292 e. The number of aryl methyl sites for hydroxylation is 2. The molecule has 0 aliphatic carbocycles. The zero-order chi connectivity index (χ0) is 16.1. The molecule has 3 aromatic rings. The minimum absolute atomic E-state index is 0.0846. The molecule has 5 heteroatoms. The Morgan fingerprint density at radius 1 is 1.35 bits per heavy atom. The first-order valence-electron chi connectivity index (χ1n) is 7.51. The molecule has 3 nitrogen and oxygen atoms in total. The van der Waals surface area contributed by atoms with Gasteiger partial charge in [-0.05, 0) is 55.2 Å². The van der Waals surface area contributed by atoms with Crippen LogP contribution in [0.2, 0.25) is 5.02 Å². The number of thiophene rings is 1. The summed E-state index contributed by atoms with van der Waals surface area (Å²) in [6.45, 7) is 4.74. The lowest BCUT2D eigenvalue weighted by atomic mass is 10.1. The van der Waals surface area contributed by atoms with Crippen LogP contribution in [0.25, 0.3) is 21.9 Å². The Morgan fingerprint density at radius 3 is 2.96 bits per heavy atom. The molecular weight excluding hydrogens is 328 g/mol. The molecule has 0 saturated carbocycles. The van der Waals surface area contributed by atoms with Gasteiger partial charge in [0.25, 0.3) is 5.56 Å². The van der Waals surface area contributed by atoms with Crippen molar-refractivity contribution in [2.24, 2.45) is 0 Å². The lowest BCUT2D eigenvalue weighted by Gasteiger charge is -2.03. The van der Waals surface area contributed by atoms with Crippen molar-refractivity contribution in [3.63, 3.8) is 0 Å². The van der Waals surface area contributed by atoms with Gasteiger partial charge < -0.3 is 0 Å². The molecule has 1 aliphatic rings. The molecule has 0 fully saturated rings. The van der Waals surface area contributed by atoms with Crippen molar-refractivity contribution in [3.05, 3.63) is 61.5 Å². The molecule has 116 valence electrons. The Bertz CT molecular complexity index is 1030. The molecular formula is C18H15ClN2OS. The van der Waals surface area contributed by atoms with Gasteiger partial charge in [-0.3, -0.25) is 9.36 Å². The summed E-state index contributed by atoms with van der Waals surface area (Å²) >= 11 is 7.65. The molecule has 0 spiro atoms. The third kappa shape index (κ3) is 2.33. The second-order valence-corrected chi connectivity index (χ2v) is 7.47. The Labute approximate surface area is 142 Å². The highest BCUT2D eigenvalue weighted by atomic mass is 35.5.